The van der Waals surface area contributed by atoms with Gasteiger partial charge in [-0.15, -0.1) is 0 Å². The molecule has 0 aromatic carbocycles. The van der Waals surface area contributed by atoms with E-state index in [0.717, 1.165) is 5.56 Å². The van der Waals surface area contributed by atoms with Gasteiger partial charge in [0, 0.05) is 18.3 Å². The highest BCUT2D eigenvalue weighted by atomic mass is 16.9. The van der Waals surface area contributed by atoms with Gasteiger partial charge in [-0.1, -0.05) is 0 Å². The van der Waals surface area contributed by atoms with Crippen LogP contribution in [0.3, 0.4) is 0 Å². The quantitative estimate of drug-likeness (QED) is 0.664. The van der Waals surface area contributed by atoms with Gasteiger partial charge in [0.15, 0.2) is 0 Å². The molecule has 3 aliphatic heterocycles. The van der Waals surface area contributed by atoms with E-state index in [-0.39, 0.29) is 0 Å². The molecule has 0 radical (unpaired) electrons. The van der Waals surface area contributed by atoms with Gasteiger partial charge < -0.3 is 14.2 Å². The van der Waals surface area contributed by atoms with Crippen LogP contribution in [0.4, 0.5) is 0 Å². The number of hydrogen-bond donors (Lipinski definition) is 0. The molecular formula is C10H11NO3. The van der Waals surface area contributed by atoms with Crippen molar-refractivity contribution in [2.75, 3.05) is 19.8 Å². The molecule has 0 spiro atoms. The second-order valence-electron chi connectivity index (χ2n) is 3.60. The van der Waals surface area contributed by atoms with E-state index in [4.69, 9.17) is 14.2 Å². The number of pyridine rings is 1. The number of hydrogen-bond acceptors (Lipinski definition) is 4. The summed E-state index contributed by atoms with van der Waals surface area (Å²) in [4.78, 5) is 4.03. The first-order valence-corrected chi connectivity index (χ1v) is 4.71. The monoisotopic (exact) mass is 193 g/mol. The molecule has 0 saturated carbocycles. The Morgan fingerprint density at radius 1 is 1.21 bits per heavy atom. The van der Waals surface area contributed by atoms with Crippen LogP contribution in [0, 0.1) is 5.92 Å². The highest BCUT2D eigenvalue weighted by Gasteiger charge is 2.46. The molecule has 1 aromatic rings. The smallest absolute Gasteiger partial charge is 0.313 e. The molecule has 0 amide bonds. The second-order valence-corrected chi connectivity index (χ2v) is 3.60. The Labute approximate surface area is 81.8 Å². The lowest BCUT2D eigenvalue weighted by Gasteiger charge is -2.44. The molecule has 1 aromatic heterocycles. The average molecular weight is 193 g/mol. The lowest BCUT2D eigenvalue weighted by Crippen LogP contribution is -2.51. The maximum absolute atomic E-state index is 5.57. The van der Waals surface area contributed by atoms with Crippen molar-refractivity contribution in [3.63, 3.8) is 0 Å². The van der Waals surface area contributed by atoms with Crippen LogP contribution >= 0.6 is 0 Å². The lowest BCUT2D eigenvalue weighted by molar-refractivity contribution is -0.460. The van der Waals surface area contributed by atoms with Crippen LogP contribution in [0.5, 0.6) is 0 Å². The molecule has 0 N–H and O–H groups in total. The van der Waals surface area contributed by atoms with Crippen molar-refractivity contribution in [1.29, 1.82) is 0 Å². The van der Waals surface area contributed by atoms with Gasteiger partial charge in [-0.3, -0.25) is 4.98 Å². The fraction of sp³-hybridized carbons (Fsp3) is 0.500. The molecule has 4 heteroatoms. The predicted octanol–water partition coefficient (Wildman–Crippen LogP) is 0.885. The molecule has 3 aliphatic rings. The van der Waals surface area contributed by atoms with Crippen molar-refractivity contribution in [3.8, 4) is 0 Å². The minimum absolute atomic E-state index is 0.383. The number of fused-ring (bicyclic) bond motifs is 3. The summed E-state index contributed by atoms with van der Waals surface area (Å²) in [7, 11) is 0. The topological polar surface area (TPSA) is 40.6 Å². The van der Waals surface area contributed by atoms with E-state index in [2.05, 4.69) is 4.98 Å². The first kappa shape index (κ1) is 8.35. The first-order valence-electron chi connectivity index (χ1n) is 4.71. The van der Waals surface area contributed by atoms with E-state index in [9.17, 15) is 0 Å². The van der Waals surface area contributed by atoms with Crippen molar-refractivity contribution < 1.29 is 14.2 Å². The van der Waals surface area contributed by atoms with Crippen LogP contribution in [-0.2, 0) is 20.2 Å². The van der Waals surface area contributed by atoms with Crippen molar-refractivity contribution in [2.45, 2.75) is 5.97 Å². The highest BCUT2D eigenvalue weighted by Crippen LogP contribution is 2.37. The first-order chi connectivity index (χ1) is 6.89. The Hall–Kier alpha value is -0.970. The molecule has 14 heavy (non-hydrogen) atoms. The second kappa shape index (κ2) is 3.02. The van der Waals surface area contributed by atoms with Gasteiger partial charge in [0.25, 0.3) is 0 Å². The van der Waals surface area contributed by atoms with Crippen LogP contribution in [0.15, 0.2) is 24.5 Å². The Morgan fingerprint density at radius 3 is 2.50 bits per heavy atom. The van der Waals surface area contributed by atoms with Crippen LogP contribution in [0.1, 0.15) is 5.56 Å². The van der Waals surface area contributed by atoms with Crippen molar-refractivity contribution in [1.82, 2.24) is 4.98 Å². The molecule has 3 fully saturated rings. The molecule has 2 bridgehead atoms. The van der Waals surface area contributed by atoms with E-state index in [1.807, 2.05) is 12.1 Å². The van der Waals surface area contributed by atoms with E-state index in [1.165, 1.54) is 0 Å². The number of ether oxygens (including phenoxy) is 3. The summed E-state index contributed by atoms with van der Waals surface area (Å²) < 4.78 is 16.7. The summed E-state index contributed by atoms with van der Waals surface area (Å²) in [6.07, 6.45) is 3.43. The molecule has 74 valence electrons. The van der Waals surface area contributed by atoms with Gasteiger partial charge in [-0.25, -0.2) is 0 Å². The SMILES string of the molecule is c1cncc(C23OCC(CO2)CO3)c1. The number of nitrogens with zero attached hydrogens (tertiary/aromatic N) is 1. The fourth-order valence-electron chi connectivity index (χ4n) is 1.75. The van der Waals surface area contributed by atoms with Gasteiger partial charge >= 0.3 is 5.97 Å². The summed E-state index contributed by atoms with van der Waals surface area (Å²) in [5, 5.41) is 0. The highest BCUT2D eigenvalue weighted by molar-refractivity contribution is 5.14. The maximum Gasteiger partial charge on any atom is 0.313 e. The zero-order valence-electron chi connectivity index (χ0n) is 7.68. The molecule has 0 aliphatic carbocycles. The predicted molar refractivity (Wildman–Crippen MR) is 47.3 cm³/mol. The van der Waals surface area contributed by atoms with Gasteiger partial charge in [0.2, 0.25) is 0 Å². The average Bonchev–Trinajstić information content (AvgIpc) is 2.33. The molecule has 4 nitrogen and oxygen atoms in total. The molecule has 4 heterocycles. The van der Waals surface area contributed by atoms with Crippen LogP contribution < -0.4 is 0 Å². The Kier molecular flexibility index (Phi) is 1.80. The third-order valence-electron chi connectivity index (χ3n) is 2.54. The van der Waals surface area contributed by atoms with E-state index in [0.29, 0.717) is 25.7 Å². The lowest BCUT2D eigenvalue weighted by atomic mass is 10.1. The van der Waals surface area contributed by atoms with Gasteiger partial charge in [0.05, 0.1) is 25.4 Å². The van der Waals surface area contributed by atoms with Crippen molar-refractivity contribution in [3.05, 3.63) is 30.1 Å². The van der Waals surface area contributed by atoms with E-state index < -0.39 is 5.97 Å². The van der Waals surface area contributed by atoms with E-state index in [1.54, 1.807) is 12.4 Å². The minimum Gasteiger partial charge on any atom is -0.323 e. The Balaban J connectivity index is 1.96. The standard InChI is InChI=1S/C10H11NO3/c1-2-9(4-11-3-1)10-12-5-8(6-13-10)7-14-10/h1-4,8H,5-7H2. The maximum atomic E-state index is 5.57. The summed E-state index contributed by atoms with van der Waals surface area (Å²) in [5.74, 6) is -0.600. The van der Waals surface area contributed by atoms with E-state index >= 15 is 0 Å². The third kappa shape index (κ3) is 1.15. The zero-order valence-corrected chi connectivity index (χ0v) is 7.68. The van der Waals surface area contributed by atoms with Crippen LogP contribution in [0.25, 0.3) is 0 Å². The number of aromatic nitrogens is 1. The third-order valence-corrected chi connectivity index (χ3v) is 2.54. The number of rotatable bonds is 1. The summed E-state index contributed by atoms with van der Waals surface area (Å²) in [6, 6.07) is 3.75. The minimum atomic E-state index is -0.983. The largest absolute Gasteiger partial charge is 0.323 e. The molecule has 0 unspecified atom stereocenters. The Morgan fingerprint density at radius 2 is 1.93 bits per heavy atom. The molecule has 0 atom stereocenters. The van der Waals surface area contributed by atoms with Gasteiger partial charge in [0.1, 0.15) is 0 Å². The normalized spacial score (nSPS) is 35.9. The molecular weight excluding hydrogens is 182 g/mol. The molecule has 4 rings (SSSR count). The fourth-order valence-corrected chi connectivity index (χ4v) is 1.75. The van der Waals surface area contributed by atoms with Gasteiger partial charge in [-0.05, 0) is 12.1 Å². The summed E-state index contributed by atoms with van der Waals surface area (Å²) in [5.41, 5.74) is 0.832. The van der Waals surface area contributed by atoms with Gasteiger partial charge in [-0.2, -0.15) is 0 Å². The van der Waals surface area contributed by atoms with Crippen molar-refractivity contribution >= 4 is 0 Å². The van der Waals surface area contributed by atoms with Crippen LogP contribution in [0.2, 0.25) is 0 Å². The zero-order chi connectivity index (χ0) is 9.43. The van der Waals surface area contributed by atoms with Crippen molar-refractivity contribution in [2.24, 2.45) is 5.92 Å². The Bertz CT molecular complexity index is 306. The summed E-state index contributed by atoms with van der Waals surface area (Å²) in [6.45, 7) is 2.11. The summed E-state index contributed by atoms with van der Waals surface area (Å²) >= 11 is 0. The van der Waals surface area contributed by atoms with Crippen LogP contribution in [-0.4, -0.2) is 24.8 Å². The molecule has 3 saturated heterocycles.